The standard InChI is InChI=1S/C17H20BrN5O/c1-2-22-9-11-23(12-10-22)16(24)15-7-8-19-17(21-15)20-14-5-3-13(18)4-6-14/h3-8H,2,9-12H2,1H3,(H,19,20,21). The van der Waals surface area contributed by atoms with Crippen molar-refractivity contribution in [1.82, 2.24) is 19.8 Å². The molecule has 3 rings (SSSR count). The molecular weight excluding hydrogens is 370 g/mol. The van der Waals surface area contributed by atoms with Crippen LogP contribution in [0.3, 0.4) is 0 Å². The first-order chi connectivity index (χ1) is 11.7. The third kappa shape index (κ3) is 4.10. The summed E-state index contributed by atoms with van der Waals surface area (Å²) in [6.07, 6.45) is 1.61. The van der Waals surface area contributed by atoms with Crippen molar-refractivity contribution in [3.05, 3.63) is 46.7 Å². The molecule has 0 spiro atoms. The van der Waals surface area contributed by atoms with Crippen LogP contribution in [0.4, 0.5) is 11.6 Å². The molecule has 1 aliphatic heterocycles. The summed E-state index contributed by atoms with van der Waals surface area (Å²) >= 11 is 3.40. The first-order valence-electron chi connectivity index (χ1n) is 8.03. The van der Waals surface area contributed by atoms with E-state index in [-0.39, 0.29) is 5.91 Å². The van der Waals surface area contributed by atoms with Crippen molar-refractivity contribution >= 4 is 33.5 Å². The Kier molecular flexibility index (Phi) is 5.42. The molecule has 2 aromatic rings. The number of piperazine rings is 1. The summed E-state index contributed by atoms with van der Waals surface area (Å²) in [6, 6.07) is 9.38. The normalized spacial score (nSPS) is 15.3. The Hall–Kier alpha value is -1.99. The van der Waals surface area contributed by atoms with Crippen LogP contribution >= 0.6 is 15.9 Å². The highest BCUT2D eigenvalue weighted by atomic mass is 79.9. The number of hydrogen-bond donors (Lipinski definition) is 1. The average Bonchev–Trinajstić information content (AvgIpc) is 2.63. The number of nitrogens with one attached hydrogen (secondary N) is 1. The minimum atomic E-state index is -0.0352. The molecule has 24 heavy (non-hydrogen) atoms. The molecule has 1 fully saturated rings. The van der Waals surface area contributed by atoms with Gasteiger partial charge in [0, 0.05) is 42.5 Å². The molecule has 1 saturated heterocycles. The van der Waals surface area contributed by atoms with Crippen LogP contribution in [0.5, 0.6) is 0 Å². The van der Waals surface area contributed by atoms with Gasteiger partial charge in [-0.05, 0) is 36.9 Å². The summed E-state index contributed by atoms with van der Waals surface area (Å²) in [6.45, 7) is 6.48. The van der Waals surface area contributed by atoms with Crippen molar-refractivity contribution < 1.29 is 4.79 Å². The largest absolute Gasteiger partial charge is 0.335 e. The van der Waals surface area contributed by atoms with Gasteiger partial charge in [0.05, 0.1) is 0 Å². The highest BCUT2D eigenvalue weighted by molar-refractivity contribution is 9.10. The van der Waals surface area contributed by atoms with Gasteiger partial charge in [-0.3, -0.25) is 4.79 Å². The minimum Gasteiger partial charge on any atom is -0.335 e. The lowest BCUT2D eigenvalue weighted by Crippen LogP contribution is -2.48. The number of nitrogens with zero attached hydrogens (tertiary/aromatic N) is 4. The molecule has 2 heterocycles. The molecule has 0 atom stereocenters. The zero-order valence-corrected chi connectivity index (χ0v) is 15.2. The van der Waals surface area contributed by atoms with Gasteiger partial charge in [-0.1, -0.05) is 22.9 Å². The number of anilines is 2. The molecule has 0 aliphatic carbocycles. The van der Waals surface area contributed by atoms with Crippen LogP contribution in [0.15, 0.2) is 41.0 Å². The van der Waals surface area contributed by atoms with E-state index < -0.39 is 0 Å². The van der Waals surface area contributed by atoms with E-state index in [0.717, 1.165) is 42.9 Å². The zero-order chi connectivity index (χ0) is 16.9. The zero-order valence-electron chi connectivity index (χ0n) is 13.6. The van der Waals surface area contributed by atoms with Crippen molar-refractivity contribution in [2.24, 2.45) is 0 Å². The molecule has 6 nitrogen and oxygen atoms in total. The van der Waals surface area contributed by atoms with Gasteiger partial charge in [-0.2, -0.15) is 0 Å². The number of likely N-dealkylation sites (N-methyl/N-ethyl adjacent to an activating group) is 1. The maximum Gasteiger partial charge on any atom is 0.272 e. The van der Waals surface area contributed by atoms with Gasteiger partial charge in [0.2, 0.25) is 5.95 Å². The molecule has 1 aromatic heterocycles. The molecule has 0 saturated carbocycles. The fraction of sp³-hybridized carbons (Fsp3) is 0.353. The summed E-state index contributed by atoms with van der Waals surface area (Å²) in [7, 11) is 0. The van der Waals surface area contributed by atoms with E-state index >= 15 is 0 Å². The lowest BCUT2D eigenvalue weighted by atomic mass is 10.2. The maximum absolute atomic E-state index is 12.6. The molecule has 126 valence electrons. The van der Waals surface area contributed by atoms with Crippen LogP contribution in [-0.2, 0) is 0 Å². The third-order valence-corrected chi connectivity index (χ3v) is 4.61. The van der Waals surface area contributed by atoms with E-state index in [4.69, 9.17) is 0 Å². The third-order valence-electron chi connectivity index (χ3n) is 4.08. The second-order valence-corrected chi connectivity index (χ2v) is 6.54. The monoisotopic (exact) mass is 389 g/mol. The van der Waals surface area contributed by atoms with Gasteiger partial charge in [0.1, 0.15) is 5.69 Å². The SMILES string of the molecule is CCN1CCN(C(=O)c2ccnc(Nc3ccc(Br)cc3)n2)CC1. The van der Waals surface area contributed by atoms with Gasteiger partial charge >= 0.3 is 0 Å². The number of hydrogen-bond acceptors (Lipinski definition) is 5. The Bertz CT molecular complexity index is 698. The van der Waals surface area contributed by atoms with E-state index in [1.807, 2.05) is 29.2 Å². The highest BCUT2D eigenvalue weighted by Crippen LogP contribution is 2.17. The summed E-state index contributed by atoms with van der Waals surface area (Å²) in [5.74, 6) is 0.391. The number of carbonyl (C=O) groups is 1. The Morgan fingerprint density at radius 1 is 1.17 bits per heavy atom. The minimum absolute atomic E-state index is 0.0352. The van der Waals surface area contributed by atoms with Crippen molar-refractivity contribution in [1.29, 1.82) is 0 Å². The second kappa shape index (κ2) is 7.72. The molecule has 1 amide bonds. The lowest BCUT2D eigenvalue weighted by Gasteiger charge is -2.33. The molecular formula is C17H20BrN5O. The molecule has 1 aromatic carbocycles. The van der Waals surface area contributed by atoms with Crippen molar-refractivity contribution in [2.75, 3.05) is 38.0 Å². The number of halogens is 1. The number of amides is 1. The quantitative estimate of drug-likeness (QED) is 0.870. The number of rotatable bonds is 4. The van der Waals surface area contributed by atoms with E-state index in [1.165, 1.54) is 0 Å². The fourth-order valence-electron chi connectivity index (χ4n) is 2.63. The molecule has 0 unspecified atom stereocenters. The first-order valence-corrected chi connectivity index (χ1v) is 8.82. The van der Waals surface area contributed by atoms with Crippen LogP contribution < -0.4 is 5.32 Å². The topological polar surface area (TPSA) is 61.4 Å². The van der Waals surface area contributed by atoms with Crippen molar-refractivity contribution in [2.45, 2.75) is 6.92 Å². The summed E-state index contributed by atoms with van der Waals surface area (Å²) in [4.78, 5) is 25.4. The second-order valence-electron chi connectivity index (χ2n) is 5.62. The van der Waals surface area contributed by atoms with Gasteiger partial charge in [-0.15, -0.1) is 0 Å². The van der Waals surface area contributed by atoms with Gasteiger partial charge in [0.25, 0.3) is 5.91 Å². The summed E-state index contributed by atoms with van der Waals surface area (Å²) < 4.78 is 1.00. The first kappa shape index (κ1) is 16.9. The highest BCUT2D eigenvalue weighted by Gasteiger charge is 2.22. The Balaban J connectivity index is 1.68. The maximum atomic E-state index is 12.6. The summed E-state index contributed by atoms with van der Waals surface area (Å²) in [5.41, 5.74) is 1.30. The molecule has 0 radical (unpaired) electrons. The number of carbonyl (C=O) groups excluding carboxylic acids is 1. The van der Waals surface area contributed by atoms with Gasteiger partial charge < -0.3 is 15.1 Å². The molecule has 0 bridgehead atoms. The Labute approximate surface area is 150 Å². The molecule has 1 aliphatic rings. The predicted molar refractivity (Wildman–Crippen MR) is 97.5 cm³/mol. The fourth-order valence-corrected chi connectivity index (χ4v) is 2.89. The smallest absolute Gasteiger partial charge is 0.272 e. The molecule has 1 N–H and O–H groups in total. The van der Waals surface area contributed by atoms with Crippen LogP contribution in [0.25, 0.3) is 0 Å². The lowest BCUT2D eigenvalue weighted by molar-refractivity contribution is 0.0637. The van der Waals surface area contributed by atoms with Crippen LogP contribution in [0, 0.1) is 0 Å². The van der Waals surface area contributed by atoms with Crippen LogP contribution in [0.1, 0.15) is 17.4 Å². The van der Waals surface area contributed by atoms with Crippen molar-refractivity contribution in [3.8, 4) is 0 Å². The molecule has 7 heteroatoms. The average molecular weight is 390 g/mol. The number of benzene rings is 1. The van der Waals surface area contributed by atoms with E-state index in [9.17, 15) is 4.79 Å². The van der Waals surface area contributed by atoms with E-state index in [2.05, 4.69) is 43.0 Å². The Morgan fingerprint density at radius 2 is 1.88 bits per heavy atom. The van der Waals surface area contributed by atoms with E-state index in [1.54, 1.807) is 12.3 Å². The Morgan fingerprint density at radius 3 is 2.54 bits per heavy atom. The van der Waals surface area contributed by atoms with Gasteiger partial charge in [0.15, 0.2) is 0 Å². The predicted octanol–water partition coefficient (Wildman–Crippen LogP) is 2.76. The van der Waals surface area contributed by atoms with Gasteiger partial charge in [-0.25, -0.2) is 9.97 Å². The van der Waals surface area contributed by atoms with E-state index in [0.29, 0.717) is 11.6 Å². The summed E-state index contributed by atoms with van der Waals surface area (Å²) in [5, 5.41) is 3.12. The van der Waals surface area contributed by atoms with Crippen molar-refractivity contribution in [3.63, 3.8) is 0 Å². The van der Waals surface area contributed by atoms with Crippen LogP contribution in [-0.4, -0.2) is 58.4 Å². The van der Waals surface area contributed by atoms with Crippen LogP contribution in [0.2, 0.25) is 0 Å². The number of aromatic nitrogens is 2.